The molecule has 0 aliphatic rings. The van der Waals surface area contributed by atoms with E-state index in [1.807, 2.05) is 67.6 Å². The molecule has 0 radical (unpaired) electrons. The molecule has 3 rings (SSSR count). The van der Waals surface area contributed by atoms with Gasteiger partial charge < -0.3 is 10.1 Å². The van der Waals surface area contributed by atoms with Crippen LogP contribution in [0.1, 0.15) is 16.6 Å². The highest BCUT2D eigenvalue weighted by Crippen LogP contribution is 2.38. The second kappa shape index (κ2) is 11.3. The molecule has 0 aliphatic carbocycles. The number of thioether (sulfide) groups is 1. The number of carbonyl (C=O) groups excluding carboxylic acids is 2. The van der Waals surface area contributed by atoms with Gasteiger partial charge in [0.05, 0.1) is 12.8 Å². The Bertz CT molecular complexity index is 1200. The van der Waals surface area contributed by atoms with E-state index >= 15 is 0 Å². The lowest BCUT2D eigenvalue weighted by Crippen LogP contribution is -2.27. The van der Waals surface area contributed by atoms with Gasteiger partial charge >= 0.3 is 5.97 Å². The average Bonchev–Trinajstić information content (AvgIpc) is 3.17. The maximum atomic E-state index is 13.6. The summed E-state index contributed by atoms with van der Waals surface area (Å²) in [6.45, 7) is 5.62. The Balaban J connectivity index is 2.01. The number of fused-ring (bicyclic) bond motifs is 1. The Kier molecular flexibility index (Phi) is 8.50. The van der Waals surface area contributed by atoms with Gasteiger partial charge in [-0.25, -0.2) is 4.79 Å². The fraction of sp³-hybridized carbons (Fsp3) is 0.120. The van der Waals surface area contributed by atoms with Crippen molar-refractivity contribution in [3.05, 3.63) is 94.3 Å². The van der Waals surface area contributed by atoms with Crippen molar-refractivity contribution in [2.45, 2.75) is 17.1 Å². The first-order chi connectivity index (χ1) is 15.5. The van der Waals surface area contributed by atoms with Crippen LogP contribution in [0.15, 0.2) is 94.4 Å². The van der Waals surface area contributed by atoms with Crippen LogP contribution in [0.5, 0.6) is 0 Å². The first-order valence-corrected chi connectivity index (χ1v) is 12.3. The maximum Gasteiger partial charge on any atom is 0.350 e. The van der Waals surface area contributed by atoms with E-state index in [2.05, 4.69) is 27.8 Å². The number of amides is 1. The lowest BCUT2D eigenvalue weighted by molar-refractivity contribution is -0.115. The molecular formula is C25H22BrNO3S2. The summed E-state index contributed by atoms with van der Waals surface area (Å²) in [6.07, 6.45) is 7.25. The van der Waals surface area contributed by atoms with E-state index in [9.17, 15) is 9.59 Å². The number of esters is 1. The van der Waals surface area contributed by atoms with Crippen molar-refractivity contribution >= 4 is 66.7 Å². The number of carbonyl (C=O) groups is 2. The van der Waals surface area contributed by atoms with E-state index in [1.54, 1.807) is 12.2 Å². The Hall–Kier alpha value is -2.61. The number of methoxy groups -OCH3 is 1. The van der Waals surface area contributed by atoms with Crippen molar-refractivity contribution in [2.75, 3.05) is 12.4 Å². The minimum absolute atomic E-state index is 0.228. The second-order valence-corrected chi connectivity index (χ2v) is 9.76. The highest BCUT2D eigenvalue weighted by atomic mass is 79.9. The van der Waals surface area contributed by atoms with Crippen LogP contribution in [0.3, 0.4) is 0 Å². The van der Waals surface area contributed by atoms with E-state index in [4.69, 9.17) is 4.74 Å². The number of allylic oxidation sites excluding steroid dienone is 4. The minimum Gasteiger partial charge on any atom is -0.465 e. The van der Waals surface area contributed by atoms with Crippen LogP contribution in [0.2, 0.25) is 0 Å². The number of hydrogen-bond donors (Lipinski definition) is 1. The van der Waals surface area contributed by atoms with Gasteiger partial charge in [0.2, 0.25) is 5.91 Å². The van der Waals surface area contributed by atoms with E-state index in [0.717, 1.165) is 25.0 Å². The molecular weight excluding hydrogens is 506 g/mol. The van der Waals surface area contributed by atoms with Crippen molar-refractivity contribution in [1.29, 1.82) is 0 Å². The molecule has 3 aromatic rings. The predicted octanol–water partition coefficient (Wildman–Crippen LogP) is 7.24. The van der Waals surface area contributed by atoms with E-state index in [-0.39, 0.29) is 5.91 Å². The third-order valence-corrected chi connectivity index (χ3v) is 7.53. The molecule has 1 unspecified atom stereocenters. The third-order valence-electron chi connectivity index (χ3n) is 4.58. The fourth-order valence-electron chi connectivity index (χ4n) is 3.03. The molecule has 1 heterocycles. The SMILES string of the molecule is C=C/C=C\C(=C/C)C(Sc1ccc(Br)cc1)C(=O)Nc1c(C(=O)OC)sc2ccccc12. The van der Waals surface area contributed by atoms with Gasteiger partial charge in [-0.1, -0.05) is 65.0 Å². The van der Waals surface area contributed by atoms with Crippen LogP contribution in [-0.2, 0) is 9.53 Å². The monoisotopic (exact) mass is 527 g/mol. The van der Waals surface area contributed by atoms with Gasteiger partial charge in [-0.2, -0.15) is 0 Å². The minimum atomic E-state index is -0.540. The van der Waals surface area contributed by atoms with Crippen LogP contribution in [-0.4, -0.2) is 24.2 Å². The topological polar surface area (TPSA) is 55.4 Å². The highest BCUT2D eigenvalue weighted by Gasteiger charge is 2.27. The molecule has 0 spiro atoms. The number of nitrogens with one attached hydrogen (secondary N) is 1. The molecule has 32 heavy (non-hydrogen) atoms. The van der Waals surface area contributed by atoms with E-state index in [1.165, 1.54) is 30.2 Å². The van der Waals surface area contributed by atoms with Gasteiger partial charge in [-0.15, -0.1) is 23.1 Å². The Morgan fingerprint density at radius 1 is 1.19 bits per heavy atom. The summed E-state index contributed by atoms with van der Waals surface area (Å²) < 4.78 is 6.82. The fourth-order valence-corrected chi connectivity index (χ4v) is 5.45. The maximum absolute atomic E-state index is 13.6. The highest BCUT2D eigenvalue weighted by molar-refractivity contribution is 9.10. The quantitative estimate of drug-likeness (QED) is 0.190. The van der Waals surface area contributed by atoms with Crippen molar-refractivity contribution in [3.63, 3.8) is 0 Å². The molecule has 7 heteroatoms. The van der Waals surface area contributed by atoms with Gasteiger partial charge in [0.15, 0.2) is 0 Å². The summed E-state index contributed by atoms with van der Waals surface area (Å²) >= 11 is 6.18. The summed E-state index contributed by atoms with van der Waals surface area (Å²) in [6, 6.07) is 15.4. The Labute approximate surface area is 204 Å². The summed E-state index contributed by atoms with van der Waals surface area (Å²) in [5.74, 6) is -0.704. The van der Waals surface area contributed by atoms with Crippen LogP contribution in [0.25, 0.3) is 10.1 Å². The average molecular weight is 528 g/mol. The van der Waals surface area contributed by atoms with Gasteiger partial charge in [-0.3, -0.25) is 4.79 Å². The lowest BCUT2D eigenvalue weighted by Gasteiger charge is -2.18. The first-order valence-electron chi connectivity index (χ1n) is 9.76. The Morgan fingerprint density at radius 3 is 2.56 bits per heavy atom. The second-order valence-electron chi connectivity index (χ2n) is 6.62. The molecule has 1 N–H and O–H groups in total. The molecule has 2 aromatic carbocycles. The number of ether oxygens (including phenoxy) is 1. The summed E-state index contributed by atoms with van der Waals surface area (Å²) in [7, 11) is 1.34. The molecule has 0 saturated heterocycles. The van der Waals surface area contributed by atoms with Crippen molar-refractivity contribution < 1.29 is 14.3 Å². The molecule has 1 atom stereocenters. The number of hydrogen-bond acceptors (Lipinski definition) is 5. The number of halogens is 1. The van der Waals surface area contributed by atoms with Crippen molar-refractivity contribution in [3.8, 4) is 0 Å². The summed E-state index contributed by atoms with van der Waals surface area (Å²) in [5, 5.41) is 3.28. The summed E-state index contributed by atoms with van der Waals surface area (Å²) in [4.78, 5) is 27.3. The van der Waals surface area contributed by atoms with Crippen LogP contribution >= 0.6 is 39.0 Å². The molecule has 0 saturated carbocycles. The molecule has 0 bridgehead atoms. The van der Waals surface area contributed by atoms with Crippen LogP contribution < -0.4 is 5.32 Å². The van der Waals surface area contributed by atoms with Gasteiger partial charge in [0.1, 0.15) is 10.1 Å². The molecule has 1 amide bonds. The zero-order chi connectivity index (χ0) is 23.1. The largest absolute Gasteiger partial charge is 0.465 e. The number of thiophene rings is 1. The molecule has 0 fully saturated rings. The van der Waals surface area contributed by atoms with E-state index < -0.39 is 11.2 Å². The number of anilines is 1. The van der Waals surface area contributed by atoms with Gasteiger partial charge in [0.25, 0.3) is 0 Å². The zero-order valence-corrected chi connectivity index (χ0v) is 20.9. The predicted molar refractivity (Wildman–Crippen MR) is 139 cm³/mol. The zero-order valence-electron chi connectivity index (χ0n) is 17.6. The molecule has 164 valence electrons. The Morgan fingerprint density at radius 2 is 1.91 bits per heavy atom. The lowest BCUT2D eigenvalue weighted by atomic mass is 10.1. The number of benzene rings is 2. The van der Waals surface area contributed by atoms with Crippen LogP contribution in [0.4, 0.5) is 5.69 Å². The van der Waals surface area contributed by atoms with Gasteiger partial charge in [0, 0.05) is 19.5 Å². The van der Waals surface area contributed by atoms with E-state index in [0.29, 0.717) is 10.6 Å². The van der Waals surface area contributed by atoms with Gasteiger partial charge in [-0.05, 0) is 42.8 Å². The third kappa shape index (κ3) is 5.59. The van der Waals surface area contributed by atoms with Crippen molar-refractivity contribution in [2.24, 2.45) is 0 Å². The number of rotatable bonds is 8. The van der Waals surface area contributed by atoms with Crippen molar-refractivity contribution in [1.82, 2.24) is 0 Å². The summed E-state index contributed by atoms with van der Waals surface area (Å²) in [5.41, 5.74) is 1.31. The smallest absolute Gasteiger partial charge is 0.350 e. The normalized spacial score (nSPS) is 12.7. The van der Waals surface area contributed by atoms with Crippen LogP contribution in [0, 0.1) is 0 Å². The molecule has 1 aromatic heterocycles. The molecule has 4 nitrogen and oxygen atoms in total. The standard InChI is InChI=1S/C25H22BrNO3S2/c1-4-6-9-16(5-2)22(31-18-14-12-17(26)13-15-18)24(28)27-21-19-10-7-8-11-20(19)32-23(21)25(29)30-3/h4-15,22H,1H2,2-3H3,(H,27,28)/b9-6-,16-5+. The first kappa shape index (κ1) is 24.0. The molecule has 0 aliphatic heterocycles.